The van der Waals surface area contributed by atoms with Crippen molar-refractivity contribution >= 4 is 0 Å². The van der Waals surface area contributed by atoms with Crippen LogP contribution < -0.4 is 5.32 Å². The van der Waals surface area contributed by atoms with Gasteiger partial charge in [-0.2, -0.15) is 0 Å². The predicted octanol–water partition coefficient (Wildman–Crippen LogP) is 1.92. The van der Waals surface area contributed by atoms with Crippen molar-refractivity contribution in [3.63, 3.8) is 0 Å². The third kappa shape index (κ3) is 7.77. The molecule has 3 nitrogen and oxygen atoms in total. The summed E-state index contributed by atoms with van der Waals surface area (Å²) >= 11 is 0. The van der Waals surface area contributed by atoms with E-state index in [9.17, 15) is 0 Å². The minimum Gasteiger partial charge on any atom is -0.382 e. The summed E-state index contributed by atoms with van der Waals surface area (Å²) in [6.45, 7) is 13.2. The predicted molar refractivity (Wildman–Crippen MR) is 64.2 cm³/mol. The molecule has 0 spiro atoms. The Hall–Kier alpha value is -0.120. The highest BCUT2D eigenvalue weighted by Gasteiger charge is 2.21. The number of hydrogen-bond donors (Lipinski definition) is 1. The van der Waals surface area contributed by atoms with Crippen molar-refractivity contribution in [1.82, 2.24) is 5.32 Å². The average Bonchev–Trinajstić information content (AvgIpc) is 2.16. The van der Waals surface area contributed by atoms with Crippen LogP contribution in [0.1, 0.15) is 27.7 Å². The molecule has 0 rings (SSSR count). The van der Waals surface area contributed by atoms with Crippen LogP contribution in [0.5, 0.6) is 0 Å². The minimum atomic E-state index is 0.354. The molecule has 3 heteroatoms. The van der Waals surface area contributed by atoms with Crippen LogP contribution in [0.3, 0.4) is 0 Å². The summed E-state index contributed by atoms with van der Waals surface area (Å²) in [5.41, 5.74) is 0.354. The summed E-state index contributed by atoms with van der Waals surface area (Å²) in [5, 5.41) is 3.42. The molecule has 0 atom stereocenters. The standard InChI is InChI=1S/C12H27NO2/c1-11(2)12(3,4)10-13-6-7-15-9-8-14-5/h11,13H,6-10H2,1-5H3. The molecule has 15 heavy (non-hydrogen) atoms. The van der Waals surface area contributed by atoms with Gasteiger partial charge in [0.05, 0.1) is 19.8 Å². The van der Waals surface area contributed by atoms with Gasteiger partial charge in [-0.15, -0.1) is 0 Å². The van der Waals surface area contributed by atoms with E-state index in [1.54, 1.807) is 7.11 Å². The Bertz CT molecular complexity index is 147. The Morgan fingerprint density at radius 2 is 1.80 bits per heavy atom. The van der Waals surface area contributed by atoms with Crippen LogP contribution in [0, 0.1) is 11.3 Å². The zero-order valence-corrected chi connectivity index (χ0v) is 10.9. The largest absolute Gasteiger partial charge is 0.382 e. The van der Waals surface area contributed by atoms with Crippen molar-refractivity contribution in [3.8, 4) is 0 Å². The minimum absolute atomic E-state index is 0.354. The summed E-state index contributed by atoms with van der Waals surface area (Å²) in [4.78, 5) is 0. The molecule has 0 bridgehead atoms. The number of methoxy groups -OCH3 is 1. The first-order chi connectivity index (χ1) is 7.00. The zero-order valence-electron chi connectivity index (χ0n) is 10.9. The van der Waals surface area contributed by atoms with Crippen molar-refractivity contribution in [2.45, 2.75) is 27.7 Å². The molecular weight excluding hydrogens is 190 g/mol. The summed E-state index contributed by atoms with van der Waals surface area (Å²) in [6, 6.07) is 0. The lowest BCUT2D eigenvalue weighted by molar-refractivity contribution is 0.0705. The summed E-state index contributed by atoms with van der Waals surface area (Å²) in [6.07, 6.45) is 0. The second-order valence-electron chi connectivity index (χ2n) is 4.93. The van der Waals surface area contributed by atoms with E-state index in [0.29, 0.717) is 24.5 Å². The van der Waals surface area contributed by atoms with Crippen LogP contribution in [-0.4, -0.2) is 40.0 Å². The first kappa shape index (κ1) is 14.9. The quantitative estimate of drug-likeness (QED) is 0.599. The van der Waals surface area contributed by atoms with Crippen molar-refractivity contribution < 1.29 is 9.47 Å². The maximum Gasteiger partial charge on any atom is 0.0700 e. The molecule has 0 amide bonds. The molecule has 0 heterocycles. The van der Waals surface area contributed by atoms with Crippen LogP contribution in [0.4, 0.5) is 0 Å². The van der Waals surface area contributed by atoms with Crippen LogP contribution in [0.25, 0.3) is 0 Å². The van der Waals surface area contributed by atoms with E-state index in [1.807, 2.05) is 0 Å². The molecule has 0 aromatic heterocycles. The second kappa shape index (κ2) is 8.08. The lowest BCUT2D eigenvalue weighted by atomic mass is 9.81. The van der Waals surface area contributed by atoms with E-state index in [4.69, 9.17) is 9.47 Å². The molecule has 0 fully saturated rings. The molecule has 0 aromatic rings. The van der Waals surface area contributed by atoms with Gasteiger partial charge in [0.1, 0.15) is 0 Å². The van der Waals surface area contributed by atoms with Crippen LogP contribution in [0.15, 0.2) is 0 Å². The van der Waals surface area contributed by atoms with E-state index in [0.717, 1.165) is 19.7 Å². The number of rotatable bonds is 9. The zero-order chi connectivity index (χ0) is 11.7. The highest BCUT2D eigenvalue weighted by Crippen LogP contribution is 2.24. The van der Waals surface area contributed by atoms with Crippen molar-refractivity contribution in [2.24, 2.45) is 11.3 Å². The van der Waals surface area contributed by atoms with Gasteiger partial charge in [-0.1, -0.05) is 27.7 Å². The highest BCUT2D eigenvalue weighted by atomic mass is 16.5. The van der Waals surface area contributed by atoms with E-state index in [2.05, 4.69) is 33.0 Å². The first-order valence-corrected chi connectivity index (χ1v) is 5.78. The van der Waals surface area contributed by atoms with Gasteiger partial charge in [-0.05, 0) is 11.3 Å². The molecule has 0 saturated carbocycles. The van der Waals surface area contributed by atoms with Gasteiger partial charge in [0, 0.05) is 20.2 Å². The Kier molecular flexibility index (Phi) is 8.02. The topological polar surface area (TPSA) is 30.5 Å². The normalized spacial score (nSPS) is 12.4. The van der Waals surface area contributed by atoms with Crippen molar-refractivity contribution in [3.05, 3.63) is 0 Å². The van der Waals surface area contributed by atoms with Crippen LogP contribution in [-0.2, 0) is 9.47 Å². The molecular formula is C12H27NO2. The second-order valence-corrected chi connectivity index (χ2v) is 4.93. The maximum atomic E-state index is 5.36. The molecule has 0 saturated heterocycles. The van der Waals surface area contributed by atoms with Gasteiger partial charge in [-0.25, -0.2) is 0 Å². The molecule has 0 aliphatic carbocycles. The van der Waals surface area contributed by atoms with E-state index < -0.39 is 0 Å². The average molecular weight is 217 g/mol. The molecule has 0 aliphatic rings. The van der Waals surface area contributed by atoms with Crippen LogP contribution in [0.2, 0.25) is 0 Å². The van der Waals surface area contributed by atoms with Gasteiger partial charge in [0.15, 0.2) is 0 Å². The Labute approximate surface area is 94.5 Å². The third-order valence-corrected chi connectivity index (χ3v) is 3.00. The Morgan fingerprint density at radius 1 is 1.13 bits per heavy atom. The SMILES string of the molecule is COCCOCCNCC(C)(C)C(C)C. The molecule has 0 unspecified atom stereocenters. The molecule has 0 radical (unpaired) electrons. The van der Waals surface area contributed by atoms with Crippen molar-refractivity contribution in [1.29, 1.82) is 0 Å². The summed E-state index contributed by atoms with van der Waals surface area (Å²) in [7, 11) is 1.69. The van der Waals surface area contributed by atoms with Crippen molar-refractivity contribution in [2.75, 3.05) is 40.0 Å². The maximum absolute atomic E-state index is 5.36. The lowest BCUT2D eigenvalue weighted by Crippen LogP contribution is -2.35. The summed E-state index contributed by atoms with van der Waals surface area (Å²) < 4.78 is 10.3. The highest BCUT2D eigenvalue weighted by molar-refractivity contribution is 4.74. The van der Waals surface area contributed by atoms with Crippen LogP contribution >= 0.6 is 0 Å². The van der Waals surface area contributed by atoms with E-state index in [1.165, 1.54) is 0 Å². The monoisotopic (exact) mass is 217 g/mol. The number of ether oxygens (including phenoxy) is 2. The fraction of sp³-hybridized carbons (Fsp3) is 1.00. The van der Waals surface area contributed by atoms with Gasteiger partial charge in [-0.3, -0.25) is 0 Å². The van der Waals surface area contributed by atoms with Gasteiger partial charge >= 0.3 is 0 Å². The number of nitrogens with one attached hydrogen (secondary N) is 1. The van der Waals surface area contributed by atoms with E-state index >= 15 is 0 Å². The fourth-order valence-electron chi connectivity index (χ4n) is 1.00. The van der Waals surface area contributed by atoms with Gasteiger partial charge in [0.25, 0.3) is 0 Å². The van der Waals surface area contributed by atoms with Gasteiger partial charge in [0.2, 0.25) is 0 Å². The number of hydrogen-bond acceptors (Lipinski definition) is 3. The van der Waals surface area contributed by atoms with E-state index in [-0.39, 0.29) is 0 Å². The third-order valence-electron chi connectivity index (χ3n) is 3.00. The fourth-order valence-corrected chi connectivity index (χ4v) is 1.00. The van der Waals surface area contributed by atoms with Gasteiger partial charge < -0.3 is 14.8 Å². The first-order valence-electron chi connectivity index (χ1n) is 5.78. The Morgan fingerprint density at radius 3 is 2.33 bits per heavy atom. The molecule has 0 aliphatic heterocycles. The molecule has 1 N–H and O–H groups in total. The smallest absolute Gasteiger partial charge is 0.0700 e. The Balaban J connectivity index is 3.31. The summed E-state index contributed by atoms with van der Waals surface area (Å²) in [5.74, 6) is 0.694. The lowest BCUT2D eigenvalue weighted by Gasteiger charge is -2.29. The molecule has 92 valence electrons. The molecule has 0 aromatic carbocycles.